The second-order valence-corrected chi connectivity index (χ2v) is 2.60. The van der Waals surface area contributed by atoms with Gasteiger partial charge >= 0.3 is 0 Å². The third-order valence-corrected chi connectivity index (χ3v) is 1.83. The highest BCUT2D eigenvalue weighted by Crippen LogP contribution is 2.19. The molecule has 0 unspecified atom stereocenters. The van der Waals surface area contributed by atoms with E-state index in [9.17, 15) is 13.6 Å². The predicted octanol–water partition coefficient (Wildman–Crippen LogP) is 2.23. The van der Waals surface area contributed by atoms with Crippen LogP contribution in [0.3, 0.4) is 0 Å². The van der Waals surface area contributed by atoms with Crippen LogP contribution in [0.25, 0.3) is 0 Å². The molecule has 0 fully saturated rings. The maximum absolute atomic E-state index is 12.9. The third-order valence-electron chi connectivity index (χ3n) is 1.83. The highest BCUT2D eigenvalue weighted by molar-refractivity contribution is 5.98. The van der Waals surface area contributed by atoms with Crippen molar-refractivity contribution in [3.05, 3.63) is 34.9 Å². The van der Waals surface area contributed by atoms with Crippen molar-refractivity contribution >= 4 is 5.91 Å². The van der Waals surface area contributed by atoms with E-state index in [-0.39, 0.29) is 17.7 Å². The zero-order chi connectivity index (χ0) is 10.7. The highest BCUT2D eigenvalue weighted by atomic mass is 19.1. The first-order valence-corrected chi connectivity index (χ1v) is 4.44. The van der Waals surface area contributed by atoms with Crippen molar-refractivity contribution in [1.82, 2.24) is 5.32 Å². The Morgan fingerprint density at radius 3 is 2.57 bits per heavy atom. The fraction of sp³-hybridized carbons (Fsp3) is 0.300. The summed E-state index contributed by atoms with van der Waals surface area (Å²) in [5.74, 6) is -1.80. The van der Waals surface area contributed by atoms with Crippen molar-refractivity contribution in [2.24, 2.45) is 0 Å². The molecule has 0 saturated carbocycles. The van der Waals surface area contributed by atoms with E-state index in [0.717, 1.165) is 12.1 Å². The molecule has 14 heavy (non-hydrogen) atoms. The monoisotopic (exact) mass is 199 g/mol. The summed E-state index contributed by atoms with van der Waals surface area (Å²) in [5, 5.41) is 2.41. The fourth-order valence-corrected chi connectivity index (χ4v) is 1.25. The fourth-order valence-electron chi connectivity index (χ4n) is 1.25. The lowest BCUT2D eigenvalue weighted by molar-refractivity contribution is 0.0965. The van der Waals surface area contributed by atoms with Gasteiger partial charge in [0, 0.05) is 18.2 Å². The Balaban J connectivity index is 0.000000461. The number of carbonyl (C=O) groups excluding carboxylic acids is 1. The lowest BCUT2D eigenvalue weighted by Gasteiger charge is -1.96. The molecule has 2 nitrogen and oxygen atoms in total. The van der Waals surface area contributed by atoms with Crippen molar-refractivity contribution < 1.29 is 13.6 Å². The summed E-state index contributed by atoms with van der Waals surface area (Å²) in [5.41, 5.74) is 0.355. The van der Waals surface area contributed by atoms with E-state index in [1.807, 2.05) is 13.8 Å². The van der Waals surface area contributed by atoms with Gasteiger partial charge in [-0.05, 0) is 6.07 Å². The molecular weight excluding hydrogens is 188 g/mol. The van der Waals surface area contributed by atoms with Crippen LogP contribution in [0.4, 0.5) is 8.78 Å². The molecule has 0 aromatic heterocycles. The summed E-state index contributed by atoms with van der Waals surface area (Å²) in [6.07, 6.45) is 0. The van der Waals surface area contributed by atoms with Crippen LogP contribution in [0.2, 0.25) is 0 Å². The Morgan fingerprint density at radius 2 is 1.93 bits per heavy atom. The van der Waals surface area contributed by atoms with Crippen molar-refractivity contribution in [2.45, 2.75) is 20.4 Å². The molecule has 0 bridgehead atoms. The Hall–Kier alpha value is -1.45. The van der Waals surface area contributed by atoms with Crippen LogP contribution < -0.4 is 5.32 Å². The van der Waals surface area contributed by atoms with Crippen LogP contribution in [0, 0.1) is 11.6 Å². The number of halogens is 2. The van der Waals surface area contributed by atoms with E-state index < -0.39 is 17.5 Å². The van der Waals surface area contributed by atoms with E-state index in [1.165, 1.54) is 0 Å². The molecule has 1 aromatic carbocycles. The molecule has 1 aliphatic rings. The Morgan fingerprint density at radius 1 is 1.29 bits per heavy atom. The standard InChI is InChI=1S/C8H5F2NO.C2H6/c9-4-1-5-6(7(10)2-4)3-11-8(5)12;1-2/h1-2H,3H2,(H,11,12);1-2H3. The maximum atomic E-state index is 12.9. The molecule has 1 heterocycles. The average Bonchev–Trinajstić information content (AvgIpc) is 2.52. The van der Waals surface area contributed by atoms with Crippen LogP contribution in [0.1, 0.15) is 29.8 Å². The van der Waals surface area contributed by atoms with E-state index in [1.54, 1.807) is 0 Å². The maximum Gasteiger partial charge on any atom is 0.252 e. The number of hydrogen-bond donors (Lipinski definition) is 1. The minimum absolute atomic E-state index is 0.104. The largest absolute Gasteiger partial charge is 0.348 e. The van der Waals surface area contributed by atoms with Gasteiger partial charge in [-0.2, -0.15) is 0 Å². The van der Waals surface area contributed by atoms with Gasteiger partial charge in [0.05, 0.1) is 5.56 Å². The molecule has 2 rings (SSSR count). The molecular formula is C10H11F2NO. The molecule has 0 aliphatic carbocycles. The first-order chi connectivity index (χ1) is 6.68. The molecule has 76 valence electrons. The number of hydrogen-bond acceptors (Lipinski definition) is 1. The van der Waals surface area contributed by atoms with Crippen molar-refractivity contribution in [3.8, 4) is 0 Å². The second kappa shape index (κ2) is 4.17. The van der Waals surface area contributed by atoms with Gasteiger partial charge < -0.3 is 5.32 Å². The van der Waals surface area contributed by atoms with Crippen LogP contribution in [0.15, 0.2) is 12.1 Å². The van der Waals surface area contributed by atoms with E-state index in [0.29, 0.717) is 0 Å². The molecule has 0 spiro atoms. The number of carbonyl (C=O) groups is 1. The molecule has 1 amide bonds. The summed E-state index contributed by atoms with van der Waals surface area (Å²) in [6, 6.07) is 1.82. The number of benzene rings is 1. The molecule has 1 aromatic rings. The van der Waals surface area contributed by atoms with Crippen LogP contribution >= 0.6 is 0 Å². The number of fused-ring (bicyclic) bond motifs is 1. The summed E-state index contributed by atoms with van der Waals surface area (Å²) in [7, 11) is 0. The van der Waals surface area contributed by atoms with Gasteiger partial charge in [0.2, 0.25) is 0 Å². The molecule has 0 atom stereocenters. The van der Waals surface area contributed by atoms with Gasteiger partial charge in [-0.3, -0.25) is 4.79 Å². The minimum atomic E-state index is -0.719. The molecule has 1 aliphatic heterocycles. The summed E-state index contributed by atoms with van der Waals surface area (Å²) in [6.45, 7) is 4.15. The smallest absolute Gasteiger partial charge is 0.252 e. The Kier molecular flexibility index (Phi) is 3.17. The summed E-state index contributed by atoms with van der Waals surface area (Å²) < 4.78 is 25.5. The summed E-state index contributed by atoms with van der Waals surface area (Å²) >= 11 is 0. The quantitative estimate of drug-likeness (QED) is 0.682. The van der Waals surface area contributed by atoms with Gasteiger partial charge in [0.1, 0.15) is 11.6 Å². The van der Waals surface area contributed by atoms with Crippen LogP contribution in [-0.2, 0) is 6.54 Å². The number of rotatable bonds is 0. The minimum Gasteiger partial charge on any atom is -0.348 e. The van der Waals surface area contributed by atoms with Gasteiger partial charge in [0.25, 0.3) is 5.91 Å². The van der Waals surface area contributed by atoms with E-state index in [4.69, 9.17) is 0 Å². The van der Waals surface area contributed by atoms with Gasteiger partial charge in [-0.1, -0.05) is 13.8 Å². The van der Waals surface area contributed by atoms with Crippen molar-refractivity contribution in [3.63, 3.8) is 0 Å². The van der Waals surface area contributed by atoms with Crippen LogP contribution in [-0.4, -0.2) is 5.91 Å². The van der Waals surface area contributed by atoms with Gasteiger partial charge in [0.15, 0.2) is 0 Å². The Labute approximate surface area is 80.9 Å². The van der Waals surface area contributed by atoms with Gasteiger partial charge in [-0.25, -0.2) is 8.78 Å². The van der Waals surface area contributed by atoms with E-state index >= 15 is 0 Å². The third kappa shape index (κ3) is 1.73. The van der Waals surface area contributed by atoms with Gasteiger partial charge in [-0.15, -0.1) is 0 Å². The first kappa shape index (κ1) is 10.6. The van der Waals surface area contributed by atoms with Crippen molar-refractivity contribution in [2.75, 3.05) is 0 Å². The Bertz CT molecular complexity index is 363. The lowest BCUT2D eigenvalue weighted by atomic mass is 10.1. The first-order valence-electron chi connectivity index (χ1n) is 4.44. The zero-order valence-electron chi connectivity index (χ0n) is 8.03. The normalized spacial score (nSPS) is 12.7. The molecule has 4 heteroatoms. The SMILES string of the molecule is CC.O=C1NCc2c(F)cc(F)cc21. The molecule has 1 N–H and O–H groups in total. The van der Waals surface area contributed by atoms with E-state index in [2.05, 4.69) is 5.32 Å². The average molecular weight is 199 g/mol. The summed E-state index contributed by atoms with van der Waals surface area (Å²) in [4.78, 5) is 10.9. The lowest BCUT2D eigenvalue weighted by Crippen LogP contribution is -2.12. The molecule has 0 saturated heterocycles. The zero-order valence-corrected chi connectivity index (χ0v) is 8.03. The highest BCUT2D eigenvalue weighted by Gasteiger charge is 2.22. The van der Waals surface area contributed by atoms with Crippen LogP contribution in [0.5, 0.6) is 0 Å². The number of amides is 1. The predicted molar refractivity (Wildman–Crippen MR) is 48.9 cm³/mol. The molecule has 0 radical (unpaired) electrons. The number of nitrogens with one attached hydrogen (secondary N) is 1. The van der Waals surface area contributed by atoms with Crippen molar-refractivity contribution in [1.29, 1.82) is 0 Å². The second-order valence-electron chi connectivity index (χ2n) is 2.60. The topological polar surface area (TPSA) is 29.1 Å².